The van der Waals surface area contributed by atoms with E-state index in [-0.39, 0.29) is 18.7 Å². The number of nitrogens with zero attached hydrogens (tertiary/aromatic N) is 3. The molecule has 0 aliphatic rings. The number of halogens is 3. The average Bonchev–Trinajstić information content (AvgIpc) is 2.53. The Labute approximate surface area is 101 Å². The van der Waals surface area contributed by atoms with Crippen LogP contribution < -0.4 is 5.69 Å². The summed E-state index contributed by atoms with van der Waals surface area (Å²) >= 11 is 0. The van der Waals surface area contributed by atoms with Crippen molar-refractivity contribution in [1.82, 2.24) is 14.1 Å². The van der Waals surface area contributed by atoms with E-state index in [0.29, 0.717) is 11.0 Å². The molecule has 0 atom stereocenters. The molecule has 0 saturated heterocycles. The molecule has 0 amide bonds. The molecule has 7 heteroatoms. The van der Waals surface area contributed by atoms with Crippen LogP contribution in [0.5, 0.6) is 0 Å². The van der Waals surface area contributed by atoms with Crippen molar-refractivity contribution < 1.29 is 13.2 Å². The third-order valence-corrected chi connectivity index (χ3v) is 2.79. The number of aryl methyl sites for hydroxylation is 2. The van der Waals surface area contributed by atoms with Crippen molar-refractivity contribution in [3.8, 4) is 0 Å². The summed E-state index contributed by atoms with van der Waals surface area (Å²) in [6, 6.07) is 1.66. The van der Waals surface area contributed by atoms with E-state index < -0.39 is 12.6 Å². The molecular formula is C11H12F3N3O. The van der Waals surface area contributed by atoms with E-state index in [9.17, 15) is 18.0 Å². The van der Waals surface area contributed by atoms with E-state index in [0.717, 1.165) is 0 Å². The van der Waals surface area contributed by atoms with Crippen molar-refractivity contribution in [3.63, 3.8) is 0 Å². The Kier molecular flexibility index (Phi) is 3.14. The molecular weight excluding hydrogens is 247 g/mol. The first kappa shape index (κ1) is 12.7. The van der Waals surface area contributed by atoms with E-state index in [1.165, 1.54) is 15.3 Å². The molecule has 4 nitrogen and oxygen atoms in total. The second-order valence-electron chi connectivity index (χ2n) is 4.08. The van der Waals surface area contributed by atoms with Crippen molar-refractivity contribution >= 4 is 11.0 Å². The van der Waals surface area contributed by atoms with Gasteiger partial charge in [-0.15, -0.1) is 0 Å². The third-order valence-electron chi connectivity index (χ3n) is 2.79. The van der Waals surface area contributed by atoms with Gasteiger partial charge in [0.25, 0.3) is 0 Å². The third kappa shape index (κ3) is 2.39. The molecule has 0 saturated carbocycles. The second kappa shape index (κ2) is 4.47. The molecule has 98 valence electrons. The first-order valence-corrected chi connectivity index (χ1v) is 5.46. The molecule has 18 heavy (non-hydrogen) atoms. The maximum Gasteiger partial charge on any atom is 0.389 e. The fraction of sp³-hybridized carbons (Fsp3) is 0.455. The summed E-state index contributed by atoms with van der Waals surface area (Å²) in [5.41, 5.74) is 0.911. The molecule has 0 bridgehead atoms. The summed E-state index contributed by atoms with van der Waals surface area (Å²) in [4.78, 5) is 15.8. The summed E-state index contributed by atoms with van der Waals surface area (Å²) in [5.74, 6) is 0. The Bertz CT molecular complexity index is 612. The van der Waals surface area contributed by atoms with Gasteiger partial charge >= 0.3 is 11.9 Å². The number of fused-ring (bicyclic) bond motifs is 1. The van der Waals surface area contributed by atoms with Crippen molar-refractivity contribution in [2.75, 3.05) is 0 Å². The van der Waals surface area contributed by atoms with Gasteiger partial charge in [-0.2, -0.15) is 13.2 Å². The Morgan fingerprint density at radius 3 is 2.72 bits per heavy atom. The molecule has 2 aromatic rings. The largest absolute Gasteiger partial charge is 0.389 e. The molecule has 0 N–H and O–H groups in total. The highest BCUT2D eigenvalue weighted by molar-refractivity contribution is 5.74. The van der Waals surface area contributed by atoms with Gasteiger partial charge in [-0.3, -0.25) is 14.1 Å². The normalized spacial score (nSPS) is 12.2. The minimum atomic E-state index is -4.19. The molecule has 0 aromatic carbocycles. The lowest BCUT2D eigenvalue weighted by atomic mass is 10.3. The Morgan fingerprint density at radius 1 is 1.33 bits per heavy atom. The van der Waals surface area contributed by atoms with Crippen LogP contribution in [0.3, 0.4) is 0 Å². The van der Waals surface area contributed by atoms with Crippen LogP contribution in [0.4, 0.5) is 13.2 Å². The van der Waals surface area contributed by atoms with E-state index >= 15 is 0 Å². The van der Waals surface area contributed by atoms with Gasteiger partial charge in [0.2, 0.25) is 0 Å². The maximum atomic E-state index is 12.1. The smallest absolute Gasteiger partial charge is 0.295 e. The Hall–Kier alpha value is -1.79. The van der Waals surface area contributed by atoms with Crippen LogP contribution in [-0.4, -0.2) is 20.3 Å². The van der Waals surface area contributed by atoms with E-state index in [4.69, 9.17) is 0 Å². The molecule has 0 fully saturated rings. The van der Waals surface area contributed by atoms with Gasteiger partial charge in [-0.05, 0) is 12.5 Å². The summed E-state index contributed by atoms with van der Waals surface area (Å²) < 4.78 is 39.0. The first-order chi connectivity index (χ1) is 8.40. The fourth-order valence-electron chi connectivity index (χ4n) is 1.91. The lowest BCUT2D eigenvalue weighted by Crippen LogP contribution is -2.23. The minimum absolute atomic E-state index is 0.0430. The van der Waals surface area contributed by atoms with Crippen LogP contribution in [0.1, 0.15) is 12.8 Å². The highest BCUT2D eigenvalue weighted by Gasteiger charge is 2.26. The zero-order valence-corrected chi connectivity index (χ0v) is 9.74. The molecule has 2 heterocycles. The van der Waals surface area contributed by atoms with Crippen molar-refractivity contribution in [3.05, 3.63) is 28.9 Å². The van der Waals surface area contributed by atoms with Gasteiger partial charge in [0.1, 0.15) is 0 Å². The van der Waals surface area contributed by atoms with Crippen molar-refractivity contribution in [2.24, 2.45) is 7.05 Å². The van der Waals surface area contributed by atoms with Gasteiger partial charge in [0.15, 0.2) is 0 Å². The molecule has 0 aliphatic heterocycles. The zero-order chi connectivity index (χ0) is 13.3. The van der Waals surface area contributed by atoms with E-state index in [2.05, 4.69) is 4.98 Å². The summed E-state index contributed by atoms with van der Waals surface area (Å²) in [6.45, 7) is 0.0430. The maximum absolute atomic E-state index is 12.1. The zero-order valence-electron chi connectivity index (χ0n) is 9.74. The fourth-order valence-corrected chi connectivity index (χ4v) is 1.91. The number of hydrogen-bond donors (Lipinski definition) is 0. The summed E-state index contributed by atoms with van der Waals surface area (Å²) in [5, 5.41) is 0. The van der Waals surface area contributed by atoms with Crippen LogP contribution in [0.25, 0.3) is 11.0 Å². The predicted octanol–water partition coefficient (Wildman–Crippen LogP) is 2.08. The number of imidazole rings is 1. The second-order valence-corrected chi connectivity index (χ2v) is 4.08. The van der Waals surface area contributed by atoms with Crippen LogP contribution >= 0.6 is 0 Å². The van der Waals surface area contributed by atoms with Crippen molar-refractivity contribution in [1.29, 1.82) is 0 Å². The minimum Gasteiger partial charge on any atom is -0.295 e. The average molecular weight is 259 g/mol. The Balaban J connectivity index is 2.28. The molecule has 0 radical (unpaired) electrons. The van der Waals surface area contributed by atoms with Gasteiger partial charge in [0.05, 0.1) is 17.2 Å². The molecule has 0 spiro atoms. The Morgan fingerprint density at radius 2 is 2.06 bits per heavy atom. The number of aromatic nitrogens is 3. The standard InChI is InChI=1S/C11H12F3N3O/c1-16-8-3-5-15-7-9(8)17(10(16)18)6-2-4-11(12,13)14/h3,5,7H,2,4,6H2,1H3. The highest BCUT2D eigenvalue weighted by Crippen LogP contribution is 2.22. The van der Waals surface area contributed by atoms with E-state index in [1.807, 2.05) is 0 Å². The van der Waals surface area contributed by atoms with Crippen LogP contribution in [-0.2, 0) is 13.6 Å². The number of hydrogen-bond acceptors (Lipinski definition) is 2. The van der Waals surface area contributed by atoms with E-state index in [1.54, 1.807) is 19.3 Å². The lowest BCUT2D eigenvalue weighted by molar-refractivity contribution is -0.135. The number of pyridine rings is 1. The summed E-state index contributed by atoms with van der Waals surface area (Å²) in [6.07, 6.45) is -2.16. The van der Waals surface area contributed by atoms with Crippen molar-refractivity contribution in [2.45, 2.75) is 25.6 Å². The molecule has 0 aliphatic carbocycles. The molecule has 2 rings (SSSR count). The monoisotopic (exact) mass is 259 g/mol. The number of alkyl halides is 3. The van der Waals surface area contributed by atoms with Crippen LogP contribution in [0.15, 0.2) is 23.3 Å². The SMILES string of the molecule is Cn1c(=O)n(CCCC(F)(F)F)c2cnccc21. The van der Waals surface area contributed by atoms with Crippen LogP contribution in [0.2, 0.25) is 0 Å². The quantitative estimate of drug-likeness (QED) is 0.846. The highest BCUT2D eigenvalue weighted by atomic mass is 19.4. The van der Waals surface area contributed by atoms with Gasteiger partial charge in [-0.1, -0.05) is 0 Å². The van der Waals surface area contributed by atoms with Gasteiger partial charge in [0, 0.05) is 26.2 Å². The number of rotatable bonds is 3. The summed E-state index contributed by atoms with van der Waals surface area (Å²) in [7, 11) is 1.59. The molecule has 2 aromatic heterocycles. The van der Waals surface area contributed by atoms with Crippen LogP contribution in [0, 0.1) is 0 Å². The first-order valence-electron chi connectivity index (χ1n) is 5.46. The topological polar surface area (TPSA) is 39.8 Å². The lowest BCUT2D eigenvalue weighted by Gasteiger charge is -2.06. The van der Waals surface area contributed by atoms with Gasteiger partial charge in [-0.25, -0.2) is 4.79 Å². The predicted molar refractivity (Wildman–Crippen MR) is 60.3 cm³/mol. The van der Waals surface area contributed by atoms with Gasteiger partial charge < -0.3 is 0 Å². The molecule has 0 unspecified atom stereocenters.